The number of ether oxygens (including phenoxy) is 1. The molecule has 2 N–H and O–H groups in total. The lowest BCUT2D eigenvalue weighted by molar-refractivity contribution is -0.0246. The maximum atomic E-state index is 13.1. The van der Waals surface area contributed by atoms with Gasteiger partial charge in [-0.1, -0.05) is 18.2 Å². The van der Waals surface area contributed by atoms with E-state index < -0.39 is 5.91 Å². The normalized spacial score (nSPS) is 16.3. The van der Waals surface area contributed by atoms with Crippen molar-refractivity contribution in [1.82, 2.24) is 9.88 Å². The van der Waals surface area contributed by atoms with Gasteiger partial charge < -0.3 is 15.4 Å². The van der Waals surface area contributed by atoms with Crippen LogP contribution in [0, 0.1) is 5.82 Å². The monoisotopic (exact) mass is 405 g/mol. The fraction of sp³-hybridized carbons (Fsp3) is 0.174. The number of carbonyl (C=O) groups is 2. The fourth-order valence-electron chi connectivity index (χ4n) is 3.41. The summed E-state index contributed by atoms with van der Waals surface area (Å²) in [7, 11) is 0. The van der Waals surface area contributed by atoms with Crippen LogP contribution >= 0.6 is 0 Å². The van der Waals surface area contributed by atoms with Gasteiger partial charge in [-0.3, -0.25) is 9.59 Å². The predicted octanol–water partition coefficient (Wildman–Crippen LogP) is 3.20. The molecule has 1 fully saturated rings. The Morgan fingerprint density at radius 2 is 1.80 bits per heavy atom. The number of pyridine rings is 1. The molecule has 0 spiro atoms. The predicted molar refractivity (Wildman–Crippen MR) is 109 cm³/mol. The lowest BCUT2D eigenvalue weighted by Gasteiger charge is -2.33. The molecule has 1 atom stereocenters. The molecule has 6 nitrogen and oxygen atoms in total. The zero-order valence-corrected chi connectivity index (χ0v) is 16.1. The van der Waals surface area contributed by atoms with E-state index >= 15 is 0 Å². The Morgan fingerprint density at radius 3 is 2.57 bits per heavy atom. The van der Waals surface area contributed by atoms with E-state index in [4.69, 9.17) is 10.5 Å². The Hall–Kier alpha value is -3.58. The maximum Gasteiger partial charge on any atom is 0.254 e. The summed E-state index contributed by atoms with van der Waals surface area (Å²) in [6, 6.07) is 18.0. The van der Waals surface area contributed by atoms with Crippen molar-refractivity contribution in [3.8, 4) is 11.3 Å². The first kappa shape index (κ1) is 19.7. The second kappa shape index (κ2) is 8.42. The van der Waals surface area contributed by atoms with Crippen LogP contribution in [0.5, 0.6) is 0 Å². The second-order valence-electron chi connectivity index (χ2n) is 7.01. The van der Waals surface area contributed by atoms with Crippen LogP contribution in [0.25, 0.3) is 11.3 Å². The van der Waals surface area contributed by atoms with Crippen LogP contribution in [0.2, 0.25) is 0 Å². The van der Waals surface area contributed by atoms with E-state index in [1.54, 1.807) is 23.1 Å². The molecule has 0 aliphatic carbocycles. The molecular weight excluding hydrogens is 385 g/mol. The molecule has 30 heavy (non-hydrogen) atoms. The summed E-state index contributed by atoms with van der Waals surface area (Å²) < 4.78 is 19.0. The fourth-order valence-corrected chi connectivity index (χ4v) is 3.41. The molecule has 2 aromatic carbocycles. The summed E-state index contributed by atoms with van der Waals surface area (Å²) >= 11 is 0. The number of benzene rings is 2. The van der Waals surface area contributed by atoms with Gasteiger partial charge in [0.1, 0.15) is 11.9 Å². The summed E-state index contributed by atoms with van der Waals surface area (Å²) in [5, 5.41) is 0. The summed E-state index contributed by atoms with van der Waals surface area (Å²) in [5.41, 5.74) is 8.35. The Labute approximate surface area is 173 Å². The third-order valence-corrected chi connectivity index (χ3v) is 4.99. The Morgan fingerprint density at radius 1 is 1.03 bits per heavy atom. The van der Waals surface area contributed by atoms with E-state index in [2.05, 4.69) is 4.98 Å². The third kappa shape index (κ3) is 4.21. The van der Waals surface area contributed by atoms with Crippen LogP contribution in [0.15, 0.2) is 66.7 Å². The number of rotatable bonds is 4. The average molecular weight is 405 g/mol. The molecule has 0 radical (unpaired) electrons. The zero-order chi connectivity index (χ0) is 21.1. The molecule has 1 saturated heterocycles. The van der Waals surface area contributed by atoms with Gasteiger partial charge in [0.25, 0.3) is 5.91 Å². The summed E-state index contributed by atoms with van der Waals surface area (Å²) in [6.45, 7) is 1.17. The lowest BCUT2D eigenvalue weighted by Crippen LogP contribution is -2.42. The summed E-state index contributed by atoms with van der Waals surface area (Å²) in [4.78, 5) is 30.6. The van der Waals surface area contributed by atoms with Gasteiger partial charge >= 0.3 is 0 Å². The zero-order valence-electron chi connectivity index (χ0n) is 16.1. The van der Waals surface area contributed by atoms with Gasteiger partial charge in [0.2, 0.25) is 5.91 Å². The van der Waals surface area contributed by atoms with Crippen molar-refractivity contribution >= 4 is 11.8 Å². The Bertz CT molecular complexity index is 1090. The molecule has 0 unspecified atom stereocenters. The number of nitrogens with two attached hydrogens (primary N) is 1. The molecule has 7 heteroatoms. The molecule has 0 bridgehead atoms. The van der Waals surface area contributed by atoms with Crippen molar-refractivity contribution in [2.45, 2.75) is 6.10 Å². The van der Waals surface area contributed by atoms with Gasteiger partial charge in [-0.2, -0.15) is 0 Å². The van der Waals surface area contributed by atoms with E-state index in [1.807, 2.05) is 24.3 Å². The number of morpholine rings is 1. The first-order chi connectivity index (χ1) is 14.5. The van der Waals surface area contributed by atoms with Crippen LogP contribution in [-0.2, 0) is 4.74 Å². The van der Waals surface area contributed by atoms with Gasteiger partial charge in [0.05, 0.1) is 24.5 Å². The molecule has 3 aromatic rings. The number of nitrogens with zero attached hydrogens (tertiary/aromatic N) is 2. The Kier molecular flexibility index (Phi) is 5.54. The molecule has 0 saturated carbocycles. The smallest absolute Gasteiger partial charge is 0.254 e. The van der Waals surface area contributed by atoms with E-state index in [9.17, 15) is 14.0 Å². The molecule has 152 valence electrons. The highest BCUT2D eigenvalue weighted by atomic mass is 19.1. The van der Waals surface area contributed by atoms with Crippen LogP contribution in [0.4, 0.5) is 4.39 Å². The van der Waals surface area contributed by atoms with Gasteiger partial charge in [0, 0.05) is 23.2 Å². The number of hydrogen-bond acceptors (Lipinski definition) is 4. The van der Waals surface area contributed by atoms with Crippen molar-refractivity contribution in [3.05, 3.63) is 89.4 Å². The molecule has 2 amide bonds. The van der Waals surface area contributed by atoms with Crippen LogP contribution < -0.4 is 5.73 Å². The van der Waals surface area contributed by atoms with E-state index in [0.717, 1.165) is 5.56 Å². The number of amides is 2. The highest BCUT2D eigenvalue weighted by Crippen LogP contribution is 2.25. The largest absolute Gasteiger partial charge is 0.368 e. The average Bonchev–Trinajstić information content (AvgIpc) is 2.79. The number of carbonyl (C=O) groups excluding carboxylic acids is 2. The van der Waals surface area contributed by atoms with Crippen molar-refractivity contribution in [1.29, 1.82) is 0 Å². The van der Waals surface area contributed by atoms with Crippen molar-refractivity contribution in [2.24, 2.45) is 5.73 Å². The van der Waals surface area contributed by atoms with Gasteiger partial charge in [-0.15, -0.1) is 0 Å². The highest BCUT2D eigenvalue weighted by molar-refractivity contribution is 5.94. The second-order valence-corrected chi connectivity index (χ2v) is 7.01. The maximum absolute atomic E-state index is 13.1. The number of halogens is 1. The number of hydrogen-bond donors (Lipinski definition) is 1. The number of primary amides is 1. The molecule has 1 aliphatic heterocycles. The Balaban J connectivity index is 1.55. The quantitative estimate of drug-likeness (QED) is 0.722. The van der Waals surface area contributed by atoms with Crippen LogP contribution in [0.1, 0.15) is 32.5 Å². The first-order valence-electron chi connectivity index (χ1n) is 9.55. The van der Waals surface area contributed by atoms with E-state index in [-0.39, 0.29) is 17.8 Å². The summed E-state index contributed by atoms with van der Waals surface area (Å²) in [6.07, 6.45) is -0.387. The minimum Gasteiger partial charge on any atom is -0.368 e. The summed E-state index contributed by atoms with van der Waals surface area (Å²) in [5.74, 6) is -1.06. The van der Waals surface area contributed by atoms with Gasteiger partial charge in [0.15, 0.2) is 0 Å². The van der Waals surface area contributed by atoms with Crippen molar-refractivity contribution in [2.75, 3.05) is 19.7 Å². The standard InChI is InChI=1S/C23H20FN3O3/c24-18-9-7-15(8-10-18)23(29)27-11-12-30-21(14-27)20-6-2-5-19(26-20)16-3-1-4-17(13-16)22(25)28/h1-10,13,21H,11-12,14H2,(H2,25,28)/t21-/m1/s1. The molecular formula is C23H20FN3O3. The van der Waals surface area contributed by atoms with E-state index in [0.29, 0.717) is 42.2 Å². The van der Waals surface area contributed by atoms with Gasteiger partial charge in [-0.05, 0) is 48.5 Å². The van der Waals surface area contributed by atoms with Gasteiger partial charge in [-0.25, -0.2) is 9.37 Å². The minimum absolute atomic E-state index is 0.173. The van der Waals surface area contributed by atoms with Crippen LogP contribution in [-0.4, -0.2) is 41.4 Å². The minimum atomic E-state index is -0.501. The molecule has 4 rings (SSSR count). The molecule has 1 aromatic heterocycles. The third-order valence-electron chi connectivity index (χ3n) is 4.99. The molecule has 2 heterocycles. The lowest BCUT2D eigenvalue weighted by atomic mass is 10.1. The number of aromatic nitrogens is 1. The molecule has 1 aliphatic rings. The van der Waals surface area contributed by atoms with Crippen molar-refractivity contribution < 1.29 is 18.7 Å². The van der Waals surface area contributed by atoms with Crippen molar-refractivity contribution in [3.63, 3.8) is 0 Å². The SMILES string of the molecule is NC(=O)c1cccc(-c2cccc([C@H]3CN(C(=O)c4ccc(F)cc4)CCO3)n2)c1. The topological polar surface area (TPSA) is 85.5 Å². The highest BCUT2D eigenvalue weighted by Gasteiger charge is 2.27. The first-order valence-corrected chi connectivity index (χ1v) is 9.55. The van der Waals surface area contributed by atoms with Crippen LogP contribution in [0.3, 0.4) is 0 Å². The van der Waals surface area contributed by atoms with E-state index in [1.165, 1.54) is 24.3 Å².